The number of aromatic nitrogens is 1. The van der Waals surface area contributed by atoms with E-state index in [0.29, 0.717) is 5.82 Å². The molecule has 0 unspecified atom stereocenters. The first-order chi connectivity index (χ1) is 7.35. The maximum absolute atomic E-state index is 10.9. The molecule has 0 bridgehead atoms. The molecule has 5 nitrogen and oxygen atoms in total. The van der Waals surface area contributed by atoms with E-state index in [9.17, 15) is 4.79 Å². The quantitative estimate of drug-likeness (QED) is 0.726. The summed E-state index contributed by atoms with van der Waals surface area (Å²) in [4.78, 5) is 14.9. The van der Waals surface area contributed by atoms with E-state index in [2.05, 4.69) is 10.3 Å². The number of carbonyl (C=O) groups is 1. The van der Waals surface area contributed by atoms with Crippen molar-refractivity contribution in [3.63, 3.8) is 0 Å². The first-order valence-electron chi connectivity index (χ1n) is 5.12. The molecular weight excluding hydrogens is 206 g/mol. The Morgan fingerprint density at radius 3 is 2.75 bits per heavy atom. The molecule has 0 radical (unpaired) electrons. The Bertz CT molecular complexity index is 402. The van der Waals surface area contributed by atoms with E-state index in [1.807, 2.05) is 20.8 Å². The van der Waals surface area contributed by atoms with Crippen molar-refractivity contribution in [2.75, 3.05) is 11.1 Å². The van der Waals surface area contributed by atoms with Gasteiger partial charge in [-0.2, -0.15) is 0 Å². The van der Waals surface area contributed by atoms with Gasteiger partial charge in [0, 0.05) is 5.54 Å². The Morgan fingerprint density at radius 1 is 1.62 bits per heavy atom. The summed E-state index contributed by atoms with van der Waals surface area (Å²) in [5.74, 6) is -0.518. The van der Waals surface area contributed by atoms with Crippen molar-refractivity contribution in [2.45, 2.75) is 32.7 Å². The highest BCUT2D eigenvalue weighted by atomic mass is 16.4. The zero-order valence-electron chi connectivity index (χ0n) is 9.74. The van der Waals surface area contributed by atoms with Crippen LogP contribution in [0.25, 0.3) is 0 Å². The van der Waals surface area contributed by atoms with E-state index in [1.54, 1.807) is 0 Å². The largest absolute Gasteiger partial charge is 0.478 e. The fraction of sp³-hybridized carbons (Fsp3) is 0.455. The van der Waals surface area contributed by atoms with Gasteiger partial charge in [0.05, 0.1) is 17.4 Å². The van der Waals surface area contributed by atoms with E-state index >= 15 is 0 Å². The number of carboxylic acid groups (broad SMARTS) is 1. The fourth-order valence-corrected chi connectivity index (χ4v) is 1.15. The summed E-state index contributed by atoms with van der Waals surface area (Å²) in [6.07, 6.45) is 2.26. The van der Waals surface area contributed by atoms with Crippen LogP contribution in [0.2, 0.25) is 0 Å². The molecule has 0 aromatic carbocycles. The van der Waals surface area contributed by atoms with Crippen LogP contribution in [0.15, 0.2) is 12.3 Å². The van der Waals surface area contributed by atoms with Gasteiger partial charge in [0.1, 0.15) is 5.82 Å². The molecule has 0 amide bonds. The lowest BCUT2D eigenvalue weighted by molar-refractivity contribution is 0.0698. The number of aromatic carboxylic acids is 1. The summed E-state index contributed by atoms with van der Waals surface area (Å²) in [6.45, 7) is 6.08. The monoisotopic (exact) mass is 223 g/mol. The van der Waals surface area contributed by atoms with Gasteiger partial charge in [-0.1, -0.05) is 6.92 Å². The maximum Gasteiger partial charge on any atom is 0.337 e. The lowest BCUT2D eigenvalue weighted by Crippen LogP contribution is -2.30. The highest BCUT2D eigenvalue weighted by molar-refractivity contribution is 5.94. The molecule has 5 heteroatoms. The Labute approximate surface area is 94.7 Å². The first-order valence-corrected chi connectivity index (χ1v) is 5.12. The smallest absolute Gasteiger partial charge is 0.337 e. The van der Waals surface area contributed by atoms with Crippen molar-refractivity contribution in [1.29, 1.82) is 0 Å². The Kier molecular flexibility index (Phi) is 3.37. The molecular formula is C11H17N3O2. The number of anilines is 2. The van der Waals surface area contributed by atoms with Gasteiger partial charge in [0.25, 0.3) is 0 Å². The highest BCUT2D eigenvalue weighted by Crippen LogP contribution is 2.19. The minimum atomic E-state index is -1.04. The summed E-state index contributed by atoms with van der Waals surface area (Å²) < 4.78 is 0. The standard InChI is InChI=1S/C11H17N3O2/c1-4-11(2,3)14-9-5-7(10(15)16)8(12)6-13-9/h5-6H,4,12H2,1-3H3,(H,13,14)(H,15,16). The molecule has 16 heavy (non-hydrogen) atoms. The number of nitrogens with two attached hydrogens (primary N) is 1. The summed E-state index contributed by atoms with van der Waals surface area (Å²) in [5, 5.41) is 12.1. The maximum atomic E-state index is 10.9. The predicted molar refractivity (Wildman–Crippen MR) is 63.6 cm³/mol. The van der Waals surface area contributed by atoms with Crippen molar-refractivity contribution >= 4 is 17.5 Å². The zero-order chi connectivity index (χ0) is 12.3. The minimum absolute atomic E-state index is 0.0735. The van der Waals surface area contributed by atoms with Crippen molar-refractivity contribution in [2.24, 2.45) is 0 Å². The molecule has 0 atom stereocenters. The third kappa shape index (κ3) is 2.85. The third-order valence-electron chi connectivity index (χ3n) is 2.52. The highest BCUT2D eigenvalue weighted by Gasteiger charge is 2.16. The summed E-state index contributed by atoms with van der Waals surface area (Å²) >= 11 is 0. The second-order valence-corrected chi connectivity index (χ2v) is 4.32. The van der Waals surface area contributed by atoms with Gasteiger partial charge in [0.15, 0.2) is 0 Å². The van der Waals surface area contributed by atoms with Crippen molar-refractivity contribution in [3.05, 3.63) is 17.8 Å². The normalized spacial score (nSPS) is 11.2. The molecule has 1 heterocycles. The molecule has 1 rings (SSSR count). The molecule has 0 saturated heterocycles. The predicted octanol–water partition coefficient (Wildman–Crippen LogP) is 1.96. The second-order valence-electron chi connectivity index (χ2n) is 4.32. The van der Waals surface area contributed by atoms with Crippen LogP contribution in [-0.2, 0) is 0 Å². The van der Waals surface area contributed by atoms with E-state index in [1.165, 1.54) is 12.3 Å². The fourth-order valence-electron chi connectivity index (χ4n) is 1.15. The Morgan fingerprint density at radius 2 is 2.25 bits per heavy atom. The molecule has 0 fully saturated rings. The lowest BCUT2D eigenvalue weighted by atomic mass is 10.0. The van der Waals surface area contributed by atoms with Gasteiger partial charge in [-0.05, 0) is 26.3 Å². The molecule has 0 aliphatic heterocycles. The number of carboxylic acids is 1. The van der Waals surface area contributed by atoms with Crippen LogP contribution in [0.1, 0.15) is 37.6 Å². The average molecular weight is 223 g/mol. The van der Waals surface area contributed by atoms with Crippen LogP contribution in [0, 0.1) is 0 Å². The molecule has 0 spiro atoms. The molecule has 1 aromatic heterocycles. The number of nitrogens with one attached hydrogen (secondary N) is 1. The number of nitrogens with zero attached hydrogens (tertiary/aromatic N) is 1. The van der Waals surface area contributed by atoms with Crippen LogP contribution >= 0.6 is 0 Å². The van der Waals surface area contributed by atoms with Crippen LogP contribution in [-0.4, -0.2) is 21.6 Å². The van der Waals surface area contributed by atoms with Crippen LogP contribution in [0.5, 0.6) is 0 Å². The number of hydrogen-bond acceptors (Lipinski definition) is 4. The molecule has 0 aliphatic carbocycles. The van der Waals surface area contributed by atoms with E-state index < -0.39 is 5.97 Å². The Balaban J connectivity index is 3.00. The second kappa shape index (κ2) is 4.38. The van der Waals surface area contributed by atoms with Crippen molar-refractivity contribution in [3.8, 4) is 0 Å². The van der Waals surface area contributed by atoms with Gasteiger partial charge in [-0.15, -0.1) is 0 Å². The summed E-state index contributed by atoms with van der Waals surface area (Å²) in [6, 6.07) is 1.45. The summed E-state index contributed by atoms with van der Waals surface area (Å²) in [5.41, 5.74) is 5.64. The number of nitrogen functional groups attached to an aromatic ring is 1. The zero-order valence-corrected chi connectivity index (χ0v) is 9.74. The lowest BCUT2D eigenvalue weighted by Gasteiger charge is -2.25. The van der Waals surface area contributed by atoms with E-state index in [0.717, 1.165) is 6.42 Å². The topological polar surface area (TPSA) is 88.2 Å². The minimum Gasteiger partial charge on any atom is -0.478 e. The Hall–Kier alpha value is -1.78. The molecule has 88 valence electrons. The number of rotatable bonds is 4. The van der Waals surface area contributed by atoms with Crippen LogP contribution in [0.3, 0.4) is 0 Å². The number of hydrogen-bond donors (Lipinski definition) is 3. The van der Waals surface area contributed by atoms with Gasteiger partial charge < -0.3 is 16.2 Å². The van der Waals surface area contributed by atoms with E-state index in [-0.39, 0.29) is 16.8 Å². The summed E-state index contributed by atoms with van der Waals surface area (Å²) in [7, 11) is 0. The first kappa shape index (κ1) is 12.3. The SMILES string of the molecule is CCC(C)(C)Nc1cc(C(=O)O)c(N)cn1. The molecule has 0 aliphatic rings. The van der Waals surface area contributed by atoms with Crippen molar-refractivity contribution < 1.29 is 9.90 Å². The van der Waals surface area contributed by atoms with Crippen LogP contribution < -0.4 is 11.1 Å². The molecule has 0 saturated carbocycles. The van der Waals surface area contributed by atoms with Gasteiger partial charge in [0.2, 0.25) is 0 Å². The van der Waals surface area contributed by atoms with E-state index in [4.69, 9.17) is 10.8 Å². The van der Waals surface area contributed by atoms with Crippen LogP contribution in [0.4, 0.5) is 11.5 Å². The molecule has 1 aromatic rings. The van der Waals surface area contributed by atoms with Crippen molar-refractivity contribution in [1.82, 2.24) is 4.98 Å². The number of pyridine rings is 1. The van der Waals surface area contributed by atoms with Gasteiger partial charge >= 0.3 is 5.97 Å². The van der Waals surface area contributed by atoms with Gasteiger partial charge in [-0.3, -0.25) is 0 Å². The van der Waals surface area contributed by atoms with Gasteiger partial charge in [-0.25, -0.2) is 9.78 Å². The third-order valence-corrected chi connectivity index (χ3v) is 2.52. The molecule has 4 N–H and O–H groups in total. The average Bonchev–Trinajstić information content (AvgIpc) is 2.20.